The fourth-order valence-electron chi connectivity index (χ4n) is 3.22. The lowest BCUT2D eigenvalue weighted by Crippen LogP contribution is -2.21. The summed E-state index contributed by atoms with van der Waals surface area (Å²) in [6.07, 6.45) is 8.27. The third kappa shape index (κ3) is 7.82. The van der Waals surface area contributed by atoms with Crippen LogP contribution in [0, 0.1) is 0 Å². The van der Waals surface area contributed by atoms with Crippen molar-refractivity contribution in [1.82, 2.24) is 0 Å². The summed E-state index contributed by atoms with van der Waals surface area (Å²) < 4.78 is 37.5. The van der Waals surface area contributed by atoms with E-state index < -0.39 is 10.1 Å². The number of fused-ring (bicyclic) bond motifs is 1. The van der Waals surface area contributed by atoms with E-state index in [0.29, 0.717) is 6.26 Å². The zero-order valence-corrected chi connectivity index (χ0v) is 18.6. The van der Waals surface area contributed by atoms with E-state index in [9.17, 15) is 8.42 Å². The van der Waals surface area contributed by atoms with E-state index in [0.717, 1.165) is 29.5 Å². The van der Waals surface area contributed by atoms with Gasteiger partial charge in [0.25, 0.3) is 10.1 Å². The molecule has 0 fully saturated rings. The number of hydrogen-bond donors (Lipinski definition) is 2. The highest BCUT2D eigenvalue weighted by Crippen LogP contribution is 2.34. The molecule has 0 spiro atoms. The second kappa shape index (κ2) is 11.2. The van der Waals surface area contributed by atoms with Crippen LogP contribution in [0.3, 0.4) is 0 Å². The summed E-state index contributed by atoms with van der Waals surface area (Å²) in [4.78, 5) is 0. The molecule has 0 amide bonds. The Balaban J connectivity index is 0.000000575. The molecule has 1 heterocycles. The Morgan fingerprint density at radius 2 is 1.80 bits per heavy atom. The summed E-state index contributed by atoms with van der Waals surface area (Å²) in [5.74, 6) is 0.905. The van der Waals surface area contributed by atoms with Gasteiger partial charge in [-0.3, -0.25) is 4.55 Å². The molecule has 6 nitrogen and oxygen atoms in total. The Hall–Kier alpha value is -2.35. The van der Waals surface area contributed by atoms with E-state index in [4.69, 9.17) is 19.4 Å². The van der Waals surface area contributed by atoms with Crippen molar-refractivity contribution < 1.29 is 22.1 Å². The van der Waals surface area contributed by atoms with Crippen molar-refractivity contribution in [3.63, 3.8) is 0 Å². The first-order chi connectivity index (χ1) is 14.2. The zero-order chi connectivity index (χ0) is 22.1. The second-order valence-electron chi connectivity index (χ2n) is 7.48. The first-order valence-corrected chi connectivity index (χ1v) is 11.9. The molecule has 7 heteroatoms. The van der Waals surface area contributed by atoms with Gasteiger partial charge < -0.3 is 14.9 Å². The van der Waals surface area contributed by atoms with Gasteiger partial charge in [0.05, 0.1) is 18.8 Å². The minimum Gasteiger partial charge on any atom is -0.485 e. The van der Waals surface area contributed by atoms with Crippen LogP contribution in [0.25, 0.3) is 10.8 Å². The molecular formula is C23H31NO5S. The monoisotopic (exact) mass is 433 g/mol. The average Bonchev–Trinajstić information content (AvgIpc) is 3.20. The maximum Gasteiger partial charge on any atom is 0.261 e. The fraction of sp³-hybridized carbons (Fsp3) is 0.391. The van der Waals surface area contributed by atoms with Gasteiger partial charge in [-0.2, -0.15) is 8.42 Å². The van der Waals surface area contributed by atoms with E-state index >= 15 is 0 Å². The van der Waals surface area contributed by atoms with Crippen molar-refractivity contribution in [2.45, 2.75) is 51.7 Å². The van der Waals surface area contributed by atoms with Gasteiger partial charge >= 0.3 is 0 Å². The molecule has 0 saturated heterocycles. The van der Waals surface area contributed by atoms with Crippen LogP contribution in [0.5, 0.6) is 5.75 Å². The summed E-state index contributed by atoms with van der Waals surface area (Å²) in [6, 6.07) is 14.8. The van der Waals surface area contributed by atoms with E-state index in [1.54, 1.807) is 12.5 Å². The van der Waals surface area contributed by atoms with Crippen LogP contribution in [-0.2, 0) is 16.5 Å². The number of rotatable bonds is 8. The SMILES string of the molecule is CCCCc1ccc(OC(CC(C)N)c2ccoc2)c2ccccc12.CS(=O)(=O)O. The normalized spacial score (nSPS) is 13.4. The Morgan fingerprint density at radius 3 is 2.37 bits per heavy atom. The number of aryl methyl sites for hydroxylation is 1. The maximum absolute atomic E-state index is 9.19. The van der Waals surface area contributed by atoms with Crippen LogP contribution in [0.1, 0.15) is 50.3 Å². The van der Waals surface area contributed by atoms with Gasteiger partial charge in [-0.1, -0.05) is 43.7 Å². The standard InChI is InChI=1S/C22H27NO2.CH4O3S/c1-3-4-7-17-10-11-21(20-9-6-5-8-19(17)20)25-22(14-16(2)23)18-12-13-24-15-18;1-5(2,3)4/h5-6,8-13,15-16,22H,3-4,7,14,23H2,1-2H3;1H3,(H,2,3,4). The molecule has 1 aromatic heterocycles. The molecule has 0 saturated carbocycles. The molecule has 0 aliphatic heterocycles. The number of nitrogens with two attached hydrogens (primary N) is 1. The predicted octanol–water partition coefficient (Wildman–Crippen LogP) is 5.14. The van der Waals surface area contributed by atoms with Crippen molar-refractivity contribution in [3.05, 3.63) is 66.1 Å². The van der Waals surface area contributed by atoms with Crippen molar-refractivity contribution >= 4 is 20.9 Å². The van der Waals surface area contributed by atoms with Crippen LogP contribution in [-0.4, -0.2) is 25.3 Å². The lowest BCUT2D eigenvalue weighted by Gasteiger charge is -2.21. The number of ether oxygens (including phenoxy) is 1. The van der Waals surface area contributed by atoms with Gasteiger partial charge in [-0.25, -0.2) is 0 Å². The molecule has 0 bridgehead atoms. The molecule has 0 aliphatic rings. The molecular weight excluding hydrogens is 402 g/mol. The fourth-order valence-corrected chi connectivity index (χ4v) is 3.22. The van der Waals surface area contributed by atoms with Crippen LogP contribution >= 0.6 is 0 Å². The molecule has 30 heavy (non-hydrogen) atoms. The van der Waals surface area contributed by atoms with Gasteiger partial charge in [0, 0.05) is 23.4 Å². The molecule has 3 N–H and O–H groups in total. The smallest absolute Gasteiger partial charge is 0.261 e. The van der Waals surface area contributed by atoms with Gasteiger partial charge in [-0.15, -0.1) is 0 Å². The van der Waals surface area contributed by atoms with Crippen molar-refractivity contribution in [2.75, 3.05) is 6.26 Å². The molecule has 3 aromatic rings. The van der Waals surface area contributed by atoms with Crippen molar-refractivity contribution in [2.24, 2.45) is 5.73 Å². The Labute approximate surface area is 178 Å². The predicted molar refractivity (Wildman–Crippen MR) is 120 cm³/mol. The third-order valence-electron chi connectivity index (χ3n) is 4.54. The maximum atomic E-state index is 9.19. The summed E-state index contributed by atoms with van der Waals surface area (Å²) in [6.45, 7) is 4.23. The molecule has 2 aromatic carbocycles. The number of benzene rings is 2. The van der Waals surface area contributed by atoms with Crippen LogP contribution < -0.4 is 10.5 Å². The average molecular weight is 434 g/mol. The molecule has 3 rings (SSSR count). The number of unbranched alkanes of at least 4 members (excludes halogenated alkanes) is 1. The Kier molecular flexibility index (Phi) is 8.89. The van der Waals surface area contributed by atoms with Crippen molar-refractivity contribution in [3.8, 4) is 5.75 Å². The highest BCUT2D eigenvalue weighted by Gasteiger charge is 2.18. The molecule has 0 radical (unpaired) electrons. The number of furan rings is 1. The lowest BCUT2D eigenvalue weighted by atomic mass is 9.99. The molecule has 2 atom stereocenters. The van der Waals surface area contributed by atoms with E-state index in [1.165, 1.54) is 23.8 Å². The zero-order valence-electron chi connectivity index (χ0n) is 17.7. The third-order valence-corrected chi connectivity index (χ3v) is 4.54. The summed E-state index contributed by atoms with van der Waals surface area (Å²) in [7, 11) is -3.67. The molecule has 2 unspecified atom stereocenters. The number of hydrogen-bond acceptors (Lipinski definition) is 5. The first-order valence-electron chi connectivity index (χ1n) is 10.1. The topological polar surface area (TPSA) is 103 Å². The minimum atomic E-state index is -3.67. The highest BCUT2D eigenvalue weighted by molar-refractivity contribution is 7.85. The highest BCUT2D eigenvalue weighted by atomic mass is 32.2. The molecule has 0 aliphatic carbocycles. The minimum absolute atomic E-state index is 0.0509. The summed E-state index contributed by atoms with van der Waals surface area (Å²) in [5, 5.41) is 2.44. The van der Waals surface area contributed by atoms with Crippen LogP contribution in [0.15, 0.2) is 59.4 Å². The van der Waals surface area contributed by atoms with E-state index in [1.807, 2.05) is 13.0 Å². The second-order valence-corrected chi connectivity index (χ2v) is 8.95. The Bertz CT molecular complexity index is 1010. The summed E-state index contributed by atoms with van der Waals surface area (Å²) >= 11 is 0. The molecule has 164 valence electrons. The van der Waals surface area contributed by atoms with Gasteiger partial charge in [0.1, 0.15) is 11.9 Å². The van der Waals surface area contributed by atoms with Crippen LogP contribution in [0.2, 0.25) is 0 Å². The largest absolute Gasteiger partial charge is 0.485 e. The summed E-state index contributed by atoms with van der Waals surface area (Å²) in [5.41, 5.74) is 8.44. The van der Waals surface area contributed by atoms with Gasteiger partial charge in [-0.05, 0) is 42.8 Å². The lowest BCUT2D eigenvalue weighted by molar-refractivity contribution is 0.188. The van der Waals surface area contributed by atoms with E-state index in [2.05, 4.69) is 43.3 Å². The Morgan fingerprint density at radius 1 is 1.13 bits per heavy atom. The van der Waals surface area contributed by atoms with Gasteiger partial charge in [0.2, 0.25) is 0 Å². The van der Waals surface area contributed by atoms with E-state index in [-0.39, 0.29) is 12.1 Å². The van der Waals surface area contributed by atoms with Crippen molar-refractivity contribution in [1.29, 1.82) is 0 Å². The quantitative estimate of drug-likeness (QED) is 0.477. The van der Waals surface area contributed by atoms with Gasteiger partial charge in [0.15, 0.2) is 0 Å². The first kappa shape index (κ1) is 23.9. The van der Waals surface area contributed by atoms with Crippen LogP contribution in [0.4, 0.5) is 0 Å².